The van der Waals surface area contributed by atoms with Crippen molar-refractivity contribution in [1.82, 2.24) is 9.88 Å². The lowest BCUT2D eigenvalue weighted by atomic mass is 10.2. The second kappa shape index (κ2) is 6.06. The number of nitrogens with one attached hydrogen (secondary N) is 1. The van der Waals surface area contributed by atoms with Crippen LogP contribution in [0.3, 0.4) is 0 Å². The molecule has 0 spiro atoms. The molecule has 0 atom stereocenters. The third kappa shape index (κ3) is 4.35. The van der Waals surface area contributed by atoms with Gasteiger partial charge in [0.25, 0.3) is 15.7 Å². The summed E-state index contributed by atoms with van der Waals surface area (Å²) in [4.78, 5) is 22.8. The van der Waals surface area contributed by atoms with Gasteiger partial charge < -0.3 is 10.4 Å². The van der Waals surface area contributed by atoms with Crippen LogP contribution in [0.5, 0.6) is 5.88 Å². The average Bonchev–Trinajstić information content (AvgIpc) is 2.27. The van der Waals surface area contributed by atoms with Gasteiger partial charge in [0.1, 0.15) is 5.75 Å². The maximum atomic E-state index is 12.1. The minimum Gasteiger partial charge on any atom is -0.494 e. The quantitative estimate of drug-likeness (QED) is 0.623. The number of aromatic nitrogens is 1. The van der Waals surface area contributed by atoms with E-state index in [-0.39, 0.29) is 36.0 Å². The molecular formula is C11H16N2O6S. The van der Waals surface area contributed by atoms with Crippen LogP contribution in [0.4, 0.5) is 0 Å². The van der Waals surface area contributed by atoms with Gasteiger partial charge in [-0.2, -0.15) is 8.42 Å². The Bertz CT molecular complexity index is 677. The zero-order chi connectivity index (χ0) is 15.5. The van der Waals surface area contributed by atoms with Crippen LogP contribution in [0.15, 0.2) is 10.9 Å². The first kappa shape index (κ1) is 16.2. The predicted octanol–water partition coefficient (Wildman–Crippen LogP) is -0.614. The molecule has 0 bridgehead atoms. The lowest BCUT2D eigenvalue weighted by molar-refractivity contribution is -0.119. The Morgan fingerprint density at radius 3 is 2.55 bits per heavy atom. The molecule has 1 amide bonds. The van der Waals surface area contributed by atoms with Crippen LogP contribution in [0.1, 0.15) is 18.1 Å². The molecule has 3 N–H and O–H groups in total. The number of rotatable bonds is 5. The fourth-order valence-corrected chi connectivity index (χ4v) is 2.43. The molecule has 0 fully saturated rings. The summed E-state index contributed by atoms with van der Waals surface area (Å²) in [5.74, 6) is -1.45. The summed E-state index contributed by atoms with van der Waals surface area (Å²) < 4.78 is 31.6. The highest BCUT2D eigenvalue weighted by Crippen LogP contribution is 2.14. The van der Waals surface area contributed by atoms with Crippen molar-refractivity contribution in [1.29, 1.82) is 0 Å². The SMILES string of the molecule is CC(=O)NCCn1c(O)cc(C)c(CS(=O)(=O)O)c1=O. The highest BCUT2D eigenvalue weighted by molar-refractivity contribution is 7.85. The predicted molar refractivity (Wildman–Crippen MR) is 71.0 cm³/mol. The molecule has 0 unspecified atom stereocenters. The lowest BCUT2D eigenvalue weighted by Crippen LogP contribution is -2.31. The number of carbonyl (C=O) groups is 1. The first-order valence-corrected chi connectivity index (χ1v) is 7.34. The molecule has 20 heavy (non-hydrogen) atoms. The lowest BCUT2D eigenvalue weighted by Gasteiger charge is -2.12. The highest BCUT2D eigenvalue weighted by atomic mass is 32.2. The van der Waals surface area contributed by atoms with Crippen molar-refractivity contribution >= 4 is 16.0 Å². The molecule has 0 aliphatic rings. The Labute approximate surface area is 115 Å². The van der Waals surface area contributed by atoms with E-state index >= 15 is 0 Å². The van der Waals surface area contributed by atoms with E-state index in [1.807, 2.05) is 0 Å². The van der Waals surface area contributed by atoms with Crippen LogP contribution >= 0.6 is 0 Å². The summed E-state index contributed by atoms with van der Waals surface area (Å²) in [5.41, 5.74) is -0.570. The van der Waals surface area contributed by atoms with E-state index in [1.165, 1.54) is 19.9 Å². The van der Waals surface area contributed by atoms with Crippen molar-refractivity contribution in [3.05, 3.63) is 27.5 Å². The molecule has 8 nitrogen and oxygen atoms in total. The number of amides is 1. The molecular weight excluding hydrogens is 288 g/mol. The number of aromatic hydroxyl groups is 1. The molecule has 0 aliphatic heterocycles. The van der Waals surface area contributed by atoms with Gasteiger partial charge in [-0.1, -0.05) is 0 Å². The van der Waals surface area contributed by atoms with E-state index in [0.717, 1.165) is 4.57 Å². The third-order valence-corrected chi connectivity index (χ3v) is 3.29. The third-order valence-electron chi connectivity index (χ3n) is 2.64. The molecule has 1 heterocycles. The first-order valence-electron chi connectivity index (χ1n) is 5.73. The summed E-state index contributed by atoms with van der Waals surface area (Å²) in [5, 5.41) is 12.2. The fraction of sp³-hybridized carbons (Fsp3) is 0.455. The number of pyridine rings is 1. The van der Waals surface area contributed by atoms with E-state index in [0.29, 0.717) is 0 Å². The van der Waals surface area contributed by atoms with Crippen molar-refractivity contribution < 1.29 is 22.9 Å². The summed E-state index contributed by atoms with van der Waals surface area (Å²) in [7, 11) is -4.35. The van der Waals surface area contributed by atoms with Gasteiger partial charge in [0.2, 0.25) is 5.91 Å². The van der Waals surface area contributed by atoms with Crippen LogP contribution in [0.25, 0.3) is 0 Å². The van der Waals surface area contributed by atoms with Crippen LogP contribution in [0, 0.1) is 6.92 Å². The zero-order valence-electron chi connectivity index (χ0n) is 11.1. The molecule has 0 saturated carbocycles. The molecule has 0 aromatic carbocycles. The number of hydrogen-bond acceptors (Lipinski definition) is 5. The Morgan fingerprint density at radius 1 is 1.45 bits per heavy atom. The van der Waals surface area contributed by atoms with Crippen molar-refractivity contribution in [3.63, 3.8) is 0 Å². The normalized spacial score (nSPS) is 11.3. The maximum Gasteiger partial charge on any atom is 0.269 e. The standard InChI is InChI=1S/C11H16N2O6S/c1-7-5-10(15)13(4-3-12-8(2)14)11(16)9(7)6-20(17,18)19/h5,15H,3-4,6H2,1-2H3,(H,12,14)(H,17,18,19). The van der Waals surface area contributed by atoms with Gasteiger partial charge in [-0.3, -0.25) is 18.7 Å². The minimum atomic E-state index is -4.35. The van der Waals surface area contributed by atoms with E-state index < -0.39 is 21.4 Å². The van der Waals surface area contributed by atoms with Gasteiger partial charge in [0, 0.05) is 31.6 Å². The monoisotopic (exact) mass is 304 g/mol. The second-order valence-electron chi connectivity index (χ2n) is 4.33. The Morgan fingerprint density at radius 2 is 2.05 bits per heavy atom. The maximum absolute atomic E-state index is 12.1. The molecule has 0 aliphatic carbocycles. The molecule has 1 aromatic rings. The second-order valence-corrected chi connectivity index (χ2v) is 5.78. The fourth-order valence-electron chi connectivity index (χ4n) is 1.71. The van der Waals surface area contributed by atoms with E-state index in [2.05, 4.69) is 5.32 Å². The van der Waals surface area contributed by atoms with E-state index in [4.69, 9.17) is 4.55 Å². The van der Waals surface area contributed by atoms with Crippen LogP contribution in [-0.2, 0) is 27.2 Å². The molecule has 9 heteroatoms. The Kier molecular flexibility index (Phi) is 4.90. The van der Waals surface area contributed by atoms with Crippen molar-refractivity contribution in [3.8, 4) is 5.88 Å². The van der Waals surface area contributed by atoms with Crippen LogP contribution in [-0.4, -0.2) is 35.1 Å². The Balaban J connectivity index is 3.16. The molecule has 0 radical (unpaired) electrons. The first-order chi connectivity index (χ1) is 9.11. The zero-order valence-corrected chi connectivity index (χ0v) is 11.9. The van der Waals surface area contributed by atoms with Gasteiger partial charge in [-0.25, -0.2) is 0 Å². The summed E-state index contributed by atoms with van der Waals surface area (Å²) in [6.07, 6.45) is 0. The molecule has 0 saturated heterocycles. The van der Waals surface area contributed by atoms with E-state index in [1.54, 1.807) is 0 Å². The largest absolute Gasteiger partial charge is 0.494 e. The van der Waals surface area contributed by atoms with Crippen LogP contribution in [0.2, 0.25) is 0 Å². The topological polar surface area (TPSA) is 126 Å². The summed E-state index contributed by atoms with van der Waals surface area (Å²) in [6, 6.07) is 1.23. The van der Waals surface area contributed by atoms with Gasteiger partial charge in [0.05, 0.1) is 0 Å². The minimum absolute atomic E-state index is 0.0109. The van der Waals surface area contributed by atoms with Crippen molar-refractivity contribution in [2.24, 2.45) is 0 Å². The summed E-state index contributed by atoms with van der Waals surface area (Å²) >= 11 is 0. The number of nitrogens with zero attached hydrogens (tertiary/aromatic N) is 1. The molecule has 1 aromatic heterocycles. The molecule has 112 valence electrons. The summed E-state index contributed by atoms with van der Waals surface area (Å²) in [6.45, 7) is 2.86. The van der Waals surface area contributed by atoms with Gasteiger partial charge in [-0.05, 0) is 12.5 Å². The van der Waals surface area contributed by atoms with Gasteiger partial charge in [0.15, 0.2) is 5.88 Å². The van der Waals surface area contributed by atoms with E-state index in [9.17, 15) is 23.1 Å². The van der Waals surface area contributed by atoms with Gasteiger partial charge >= 0.3 is 0 Å². The van der Waals surface area contributed by atoms with Crippen molar-refractivity contribution in [2.45, 2.75) is 26.1 Å². The van der Waals surface area contributed by atoms with Gasteiger partial charge in [-0.15, -0.1) is 0 Å². The molecule has 1 rings (SSSR count). The number of hydrogen-bond donors (Lipinski definition) is 3. The smallest absolute Gasteiger partial charge is 0.269 e. The number of aryl methyl sites for hydroxylation is 1. The average molecular weight is 304 g/mol. The van der Waals surface area contributed by atoms with Crippen LogP contribution < -0.4 is 10.9 Å². The Hall–Kier alpha value is -1.87. The van der Waals surface area contributed by atoms with Crippen molar-refractivity contribution in [2.75, 3.05) is 6.54 Å². The number of carbonyl (C=O) groups excluding carboxylic acids is 1. The highest BCUT2D eigenvalue weighted by Gasteiger charge is 2.17.